The summed E-state index contributed by atoms with van der Waals surface area (Å²) in [5.74, 6) is -0.207. The first-order valence-electron chi connectivity index (χ1n) is 9.56. The second-order valence-electron chi connectivity index (χ2n) is 9.07. The van der Waals surface area contributed by atoms with Crippen molar-refractivity contribution in [1.29, 1.82) is 0 Å². The summed E-state index contributed by atoms with van der Waals surface area (Å²) in [6.07, 6.45) is 0.821. The smallest absolute Gasteiger partial charge is 0.254 e. The molecule has 2 aliphatic rings. The Kier molecular flexibility index (Phi) is 5.17. The van der Waals surface area contributed by atoms with Gasteiger partial charge in [0.2, 0.25) is 0 Å². The normalized spacial score (nSPS) is 21.5. The Balaban J connectivity index is 2.01. The van der Waals surface area contributed by atoms with Crippen LogP contribution >= 0.6 is 0 Å². The third-order valence-corrected chi connectivity index (χ3v) is 5.35. The number of carbonyl (C=O) groups is 1. The molecule has 1 aromatic carbocycles. The van der Waals surface area contributed by atoms with Gasteiger partial charge in [-0.1, -0.05) is 32.9 Å². The van der Waals surface area contributed by atoms with E-state index in [-0.39, 0.29) is 17.4 Å². The van der Waals surface area contributed by atoms with Crippen LogP contribution in [0.2, 0.25) is 0 Å². The van der Waals surface area contributed by atoms with Gasteiger partial charge in [-0.15, -0.1) is 0 Å². The molecule has 0 radical (unpaired) electrons. The number of ether oxygens (including phenoxy) is 1. The van der Waals surface area contributed by atoms with E-state index in [9.17, 15) is 9.90 Å². The van der Waals surface area contributed by atoms with Gasteiger partial charge >= 0.3 is 0 Å². The maximum absolute atomic E-state index is 12.6. The zero-order valence-electron chi connectivity index (χ0n) is 16.7. The van der Waals surface area contributed by atoms with Gasteiger partial charge in [-0.3, -0.25) is 4.79 Å². The van der Waals surface area contributed by atoms with Crippen molar-refractivity contribution in [3.05, 3.63) is 34.4 Å². The zero-order chi connectivity index (χ0) is 19.1. The number of amides is 1. The van der Waals surface area contributed by atoms with Crippen LogP contribution in [0.5, 0.6) is 0 Å². The van der Waals surface area contributed by atoms with Gasteiger partial charge in [-0.2, -0.15) is 0 Å². The molecule has 5 heteroatoms. The fourth-order valence-corrected chi connectivity index (χ4v) is 3.77. The van der Waals surface area contributed by atoms with Crippen LogP contribution in [0.3, 0.4) is 0 Å². The molecule has 2 aliphatic heterocycles. The first-order chi connectivity index (χ1) is 12.1. The second kappa shape index (κ2) is 6.95. The van der Waals surface area contributed by atoms with Crippen molar-refractivity contribution in [3.8, 4) is 0 Å². The molecule has 0 aliphatic carbocycles. The molecule has 0 bridgehead atoms. The molecule has 5 nitrogen and oxygen atoms in total. The summed E-state index contributed by atoms with van der Waals surface area (Å²) in [6.45, 7) is 13.2. The van der Waals surface area contributed by atoms with Crippen molar-refractivity contribution in [2.75, 3.05) is 26.3 Å². The van der Waals surface area contributed by atoms with E-state index in [0.29, 0.717) is 19.7 Å². The van der Waals surface area contributed by atoms with Crippen molar-refractivity contribution < 1.29 is 14.6 Å². The van der Waals surface area contributed by atoms with Crippen LogP contribution in [0, 0.1) is 0 Å². The van der Waals surface area contributed by atoms with Crippen molar-refractivity contribution in [2.45, 2.75) is 64.6 Å². The zero-order valence-corrected chi connectivity index (χ0v) is 16.7. The molecule has 144 valence electrons. The minimum atomic E-state index is -1.34. The maximum atomic E-state index is 12.6. The highest BCUT2D eigenvalue weighted by Gasteiger charge is 2.34. The average molecular weight is 360 g/mol. The van der Waals surface area contributed by atoms with Crippen molar-refractivity contribution in [1.82, 2.24) is 10.2 Å². The predicted octanol–water partition coefficient (Wildman–Crippen LogP) is 2.30. The van der Waals surface area contributed by atoms with Gasteiger partial charge in [-0.05, 0) is 47.9 Å². The fourth-order valence-electron chi connectivity index (χ4n) is 3.77. The number of carbonyl (C=O) groups excluding carboxylic acids is 1. The van der Waals surface area contributed by atoms with E-state index >= 15 is 0 Å². The van der Waals surface area contributed by atoms with Crippen molar-refractivity contribution >= 4 is 5.91 Å². The summed E-state index contributed by atoms with van der Waals surface area (Å²) < 4.78 is 5.70. The molecular formula is C21H32N2O3. The molecule has 0 spiro atoms. The Bertz CT molecular complexity index is 680. The van der Waals surface area contributed by atoms with Crippen LogP contribution in [-0.2, 0) is 27.9 Å². The van der Waals surface area contributed by atoms with Gasteiger partial charge in [0, 0.05) is 19.6 Å². The Morgan fingerprint density at radius 1 is 1.27 bits per heavy atom. The molecule has 1 amide bonds. The molecule has 0 saturated carbocycles. The molecule has 26 heavy (non-hydrogen) atoms. The van der Waals surface area contributed by atoms with Gasteiger partial charge in [0.15, 0.2) is 0 Å². The number of morpholine rings is 1. The minimum Gasteiger partial charge on any atom is -0.381 e. The van der Waals surface area contributed by atoms with Crippen LogP contribution in [0.1, 0.15) is 62.9 Å². The first-order valence-corrected chi connectivity index (χ1v) is 9.56. The minimum absolute atomic E-state index is 0.0688. The molecule has 1 fully saturated rings. The second-order valence-corrected chi connectivity index (χ2v) is 9.07. The average Bonchev–Trinajstić information content (AvgIpc) is 2.58. The summed E-state index contributed by atoms with van der Waals surface area (Å²) in [6, 6.07) is 4.73. The van der Waals surface area contributed by atoms with E-state index in [0.717, 1.165) is 19.6 Å². The number of fused-ring (bicyclic) bond motifs is 1. The summed E-state index contributed by atoms with van der Waals surface area (Å²) >= 11 is 0. The molecule has 1 atom stereocenters. The number of hydrogen-bond acceptors (Lipinski definition) is 4. The van der Waals surface area contributed by atoms with E-state index in [1.54, 1.807) is 18.7 Å². The van der Waals surface area contributed by atoms with E-state index < -0.39 is 5.60 Å². The Labute approximate surface area is 156 Å². The van der Waals surface area contributed by atoms with Crippen LogP contribution in [0.25, 0.3) is 0 Å². The van der Waals surface area contributed by atoms with Crippen LogP contribution < -0.4 is 5.32 Å². The standard InChI is InChI=1S/C21H32N2O3/c1-20(2,3)15-10-14-6-8-23(19(24)21(4,5)25)12-17(14)16(11-15)18-13-26-9-7-22-18/h10-11,18,22,25H,6-9,12-13H2,1-5H3. The lowest BCUT2D eigenvalue weighted by Gasteiger charge is -2.37. The number of rotatable bonds is 2. The largest absolute Gasteiger partial charge is 0.381 e. The maximum Gasteiger partial charge on any atom is 0.254 e. The van der Waals surface area contributed by atoms with Crippen LogP contribution in [-0.4, -0.2) is 47.8 Å². The van der Waals surface area contributed by atoms with E-state index in [1.165, 1.54) is 22.3 Å². The predicted molar refractivity (Wildman–Crippen MR) is 102 cm³/mol. The number of hydrogen-bond donors (Lipinski definition) is 2. The van der Waals surface area contributed by atoms with Crippen molar-refractivity contribution in [3.63, 3.8) is 0 Å². The highest BCUT2D eigenvalue weighted by molar-refractivity contribution is 5.84. The lowest BCUT2D eigenvalue weighted by molar-refractivity contribution is -0.148. The van der Waals surface area contributed by atoms with Gasteiger partial charge in [0.1, 0.15) is 5.60 Å². The molecule has 1 saturated heterocycles. The van der Waals surface area contributed by atoms with Crippen molar-refractivity contribution in [2.24, 2.45) is 0 Å². The molecule has 2 N–H and O–H groups in total. The first kappa shape index (κ1) is 19.3. The lowest BCUT2D eigenvalue weighted by atomic mass is 9.80. The highest BCUT2D eigenvalue weighted by atomic mass is 16.5. The van der Waals surface area contributed by atoms with E-state index in [1.807, 2.05) is 0 Å². The number of benzene rings is 1. The SMILES string of the molecule is CC(C)(O)C(=O)N1CCc2cc(C(C)(C)C)cc(C3COCCN3)c2C1. The number of nitrogens with zero attached hydrogens (tertiary/aromatic N) is 1. The summed E-state index contributed by atoms with van der Waals surface area (Å²) in [5.41, 5.74) is 3.82. The molecule has 1 unspecified atom stereocenters. The highest BCUT2D eigenvalue weighted by Crippen LogP contribution is 2.34. The topological polar surface area (TPSA) is 61.8 Å². The molecule has 3 rings (SSSR count). The lowest BCUT2D eigenvalue weighted by Crippen LogP contribution is -2.47. The monoisotopic (exact) mass is 360 g/mol. The Morgan fingerprint density at radius 3 is 2.58 bits per heavy atom. The Morgan fingerprint density at radius 2 is 2.00 bits per heavy atom. The third-order valence-electron chi connectivity index (χ3n) is 5.35. The van der Waals surface area contributed by atoms with E-state index in [2.05, 4.69) is 38.2 Å². The molecular weight excluding hydrogens is 328 g/mol. The molecule has 0 aromatic heterocycles. The van der Waals surface area contributed by atoms with Crippen LogP contribution in [0.15, 0.2) is 12.1 Å². The van der Waals surface area contributed by atoms with Gasteiger partial charge in [-0.25, -0.2) is 0 Å². The van der Waals surface area contributed by atoms with Gasteiger partial charge in [0.25, 0.3) is 5.91 Å². The summed E-state index contributed by atoms with van der Waals surface area (Å²) in [7, 11) is 0. The molecule has 2 heterocycles. The number of aliphatic hydroxyl groups is 1. The quantitative estimate of drug-likeness (QED) is 0.850. The third kappa shape index (κ3) is 3.95. The summed E-state index contributed by atoms with van der Waals surface area (Å²) in [5, 5.41) is 13.7. The van der Waals surface area contributed by atoms with Crippen LogP contribution in [0.4, 0.5) is 0 Å². The summed E-state index contributed by atoms with van der Waals surface area (Å²) in [4.78, 5) is 14.4. The fraction of sp³-hybridized carbons (Fsp3) is 0.667. The van der Waals surface area contributed by atoms with E-state index in [4.69, 9.17) is 4.74 Å². The number of nitrogens with one attached hydrogen (secondary N) is 1. The Hall–Kier alpha value is -1.43. The van der Waals surface area contributed by atoms with Gasteiger partial charge in [0.05, 0.1) is 19.3 Å². The molecule has 1 aromatic rings. The van der Waals surface area contributed by atoms with Gasteiger partial charge < -0.3 is 20.1 Å².